The van der Waals surface area contributed by atoms with Gasteiger partial charge in [0.2, 0.25) is 15.9 Å². The molecule has 2 saturated heterocycles. The number of rotatable bonds is 4. The van der Waals surface area contributed by atoms with Crippen molar-refractivity contribution in [3.63, 3.8) is 0 Å². The molecule has 2 fully saturated rings. The molecule has 0 unspecified atom stereocenters. The number of carbonyl (C=O) groups excluding carboxylic acids is 1. The first-order valence-electron chi connectivity index (χ1n) is 7.96. The number of carbonyl (C=O) groups is 1. The fourth-order valence-corrected chi connectivity index (χ4v) is 4.36. The fourth-order valence-electron chi connectivity index (χ4n) is 3.49. The largest absolute Gasteiger partial charge is 0.342 e. The highest BCUT2D eigenvalue weighted by Gasteiger charge is 2.47. The summed E-state index contributed by atoms with van der Waals surface area (Å²) in [6, 6.07) is 10.0. The van der Waals surface area contributed by atoms with Crippen LogP contribution in [0.4, 0.5) is 0 Å². The summed E-state index contributed by atoms with van der Waals surface area (Å²) in [5, 5.41) is 7.91. The summed E-state index contributed by atoms with van der Waals surface area (Å²) in [6.07, 6.45) is 1.58. The van der Waals surface area contributed by atoms with Crippen molar-refractivity contribution in [2.75, 3.05) is 26.2 Å². The number of piperidine rings is 1. The number of sulfonamides is 1. The van der Waals surface area contributed by atoms with E-state index in [0.717, 1.165) is 12.0 Å². The van der Waals surface area contributed by atoms with Gasteiger partial charge in [-0.1, -0.05) is 30.3 Å². The van der Waals surface area contributed by atoms with E-state index in [1.807, 2.05) is 35.2 Å². The van der Waals surface area contributed by atoms with E-state index >= 15 is 0 Å². The zero-order valence-corrected chi connectivity index (χ0v) is 13.9. The van der Waals surface area contributed by atoms with Gasteiger partial charge in [0.25, 0.3) is 0 Å². The van der Waals surface area contributed by atoms with E-state index in [2.05, 4.69) is 5.32 Å². The normalized spacial score (nSPS) is 21.7. The number of nitrogens with zero attached hydrogens (tertiary/aromatic N) is 1. The summed E-state index contributed by atoms with van der Waals surface area (Å²) < 4.78 is 22.9. The number of primary sulfonamides is 1. The molecule has 126 valence electrons. The standard InChI is InChI=1S/C16H23N3O3S/c17-23(21,22)14-6-8-19(9-7-14)15(20)16(11-18-12-16)10-13-4-2-1-3-5-13/h1-5,14,18H,6-12H2,(H2,17,21,22). The molecule has 1 amide bonds. The van der Waals surface area contributed by atoms with Gasteiger partial charge in [-0.05, 0) is 24.8 Å². The van der Waals surface area contributed by atoms with Crippen LogP contribution < -0.4 is 10.5 Å². The van der Waals surface area contributed by atoms with Crippen molar-refractivity contribution in [1.29, 1.82) is 0 Å². The van der Waals surface area contributed by atoms with E-state index in [4.69, 9.17) is 5.14 Å². The number of hydrogen-bond donors (Lipinski definition) is 2. The molecule has 2 aliphatic rings. The Labute approximate surface area is 137 Å². The van der Waals surface area contributed by atoms with E-state index in [-0.39, 0.29) is 5.91 Å². The first-order chi connectivity index (χ1) is 10.9. The molecule has 1 aromatic rings. The smallest absolute Gasteiger partial charge is 0.231 e. The van der Waals surface area contributed by atoms with Gasteiger partial charge in [0.05, 0.1) is 10.7 Å². The van der Waals surface area contributed by atoms with Crippen molar-refractivity contribution in [2.45, 2.75) is 24.5 Å². The molecule has 2 aliphatic heterocycles. The van der Waals surface area contributed by atoms with Crippen LogP contribution in [0.25, 0.3) is 0 Å². The van der Waals surface area contributed by atoms with E-state index in [0.29, 0.717) is 39.0 Å². The molecule has 3 N–H and O–H groups in total. The molecule has 6 nitrogen and oxygen atoms in total. The number of hydrogen-bond acceptors (Lipinski definition) is 4. The van der Waals surface area contributed by atoms with Crippen LogP contribution in [0, 0.1) is 5.41 Å². The van der Waals surface area contributed by atoms with E-state index < -0.39 is 20.7 Å². The third-order valence-electron chi connectivity index (χ3n) is 4.96. The molecule has 0 aromatic heterocycles. The summed E-state index contributed by atoms with van der Waals surface area (Å²) >= 11 is 0. The lowest BCUT2D eigenvalue weighted by atomic mass is 9.74. The molecular formula is C16H23N3O3S. The lowest BCUT2D eigenvalue weighted by molar-refractivity contribution is -0.146. The number of likely N-dealkylation sites (tertiary alicyclic amines) is 1. The Morgan fingerprint density at radius 2 is 1.83 bits per heavy atom. The van der Waals surface area contributed by atoms with Crippen LogP contribution in [0.1, 0.15) is 18.4 Å². The van der Waals surface area contributed by atoms with Gasteiger partial charge in [-0.3, -0.25) is 4.79 Å². The van der Waals surface area contributed by atoms with Crippen molar-refractivity contribution >= 4 is 15.9 Å². The van der Waals surface area contributed by atoms with Crippen molar-refractivity contribution in [3.05, 3.63) is 35.9 Å². The molecule has 0 aliphatic carbocycles. The van der Waals surface area contributed by atoms with Crippen LogP contribution in [0.15, 0.2) is 30.3 Å². The van der Waals surface area contributed by atoms with Crippen LogP contribution in [-0.4, -0.2) is 50.7 Å². The van der Waals surface area contributed by atoms with Crippen LogP contribution in [-0.2, 0) is 21.2 Å². The summed E-state index contributed by atoms with van der Waals surface area (Å²) in [5.74, 6) is 0.132. The molecule has 0 saturated carbocycles. The minimum atomic E-state index is -3.50. The maximum absolute atomic E-state index is 13.0. The fraction of sp³-hybridized carbons (Fsp3) is 0.562. The lowest BCUT2D eigenvalue weighted by Crippen LogP contribution is -2.64. The summed E-state index contributed by atoms with van der Waals surface area (Å²) in [6.45, 7) is 2.29. The number of nitrogens with two attached hydrogens (primary N) is 1. The van der Waals surface area contributed by atoms with E-state index in [9.17, 15) is 13.2 Å². The van der Waals surface area contributed by atoms with Crippen molar-refractivity contribution in [3.8, 4) is 0 Å². The summed E-state index contributed by atoms with van der Waals surface area (Å²) in [5.41, 5.74) is 0.761. The lowest BCUT2D eigenvalue weighted by Gasteiger charge is -2.45. The maximum Gasteiger partial charge on any atom is 0.231 e. The first-order valence-corrected chi connectivity index (χ1v) is 9.57. The van der Waals surface area contributed by atoms with Crippen LogP contribution in [0.5, 0.6) is 0 Å². The Morgan fingerprint density at radius 1 is 1.22 bits per heavy atom. The second kappa shape index (κ2) is 6.22. The SMILES string of the molecule is NS(=O)(=O)C1CCN(C(=O)C2(Cc3ccccc3)CNC2)CC1. The van der Waals surface area contributed by atoms with Gasteiger partial charge in [0, 0.05) is 26.2 Å². The van der Waals surface area contributed by atoms with Gasteiger partial charge >= 0.3 is 0 Å². The molecule has 1 aromatic carbocycles. The van der Waals surface area contributed by atoms with Gasteiger partial charge in [0.15, 0.2) is 0 Å². The third-order valence-corrected chi connectivity index (χ3v) is 6.36. The quantitative estimate of drug-likeness (QED) is 0.815. The monoisotopic (exact) mass is 337 g/mol. The topological polar surface area (TPSA) is 92.5 Å². The Kier molecular flexibility index (Phi) is 4.44. The maximum atomic E-state index is 13.0. The van der Waals surface area contributed by atoms with Crippen LogP contribution in [0.3, 0.4) is 0 Å². The van der Waals surface area contributed by atoms with E-state index in [1.54, 1.807) is 0 Å². The highest BCUT2D eigenvalue weighted by atomic mass is 32.2. The Balaban J connectivity index is 1.67. The van der Waals surface area contributed by atoms with Gasteiger partial charge in [-0.15, -0.1) is 0 Å². The van der Waals surface area contributed by atoms with Gasteiger partial charge in [0.1, 0.15) is 0 Å². The van der Waals surface area contributed by atoms with Crippen molar-refractivity contribution in [2.24, 2.45) is 10.6 Å². The van der Waals surface area contributed by atoms with E-state index in [1.165, 1.54) is 0 Å². The molecule has 0 radical (unpaired) electrons. The number of benzene rings is 1. The third kappa shape index (κ3) is 3.41. The first kappa shape index (κ1) is 16.4. The number of amides is 1. The minimum absolute atomic E-state index is 0.132. The Morgan fingerprint density at radius 3 is 2.30 bits per heavy atom. The van der Waals surface area contributed by atoms with Crippen LogP contribution >= 0.6 is 0 Å². The average Bonchev–Trinajstić information content (AvgIpc) is 2.50. The summed E-state index contributed by atoms with van der Waals surface area (Å²) in [4.78, 5) is 14.8. The predicted octanol–water partition coefficient (Wildman–Crippen LogP) is 0.0982. The second-order valence-electron chi connectivity index (χ2n) is 6.63. The predicted molar refractivity (Wildman–Crippen MR) is 88.2 cm³/mol. The van der Waals surface area contributed by atoms with Crippen LogP contribution in [0.2, 0.25) is 0 Å². The van der Waals surface area contributed by atoms with Crippen molar-refractivity contribution < 1.29 is 13.2 Å². The summed E-state index contributed by atoms with van der Waals surface area (Å²) in [7, 11) is -3.50. The molecule has 3 rings (SSSR count). The molecule has 2 heterocycles. The van der Waals surface area contributed by atoms with Gasteiger partial charge < -0.3 is 10.2 Å². The zero-order valence-electron chi connectivity index (χ0n) is 13.1. The second-order valence-corrected chi connectivity index (χ2v) is 8.47. The molecule has 0 bridgehead atoms. The molecule has 23 heavy (non-hydrogen) atoms. The highest BCUT2D eigenvalue weighted by Crippen LogP contribution is 2.31. The minimum Gasteiger partial charge on any atom is -0.342 e. The molecular weight excluding hydrogens is 314 g/mol. The number of nitrogens with one attached hydrogen (secondary N) is 1. The molecule has 0 atom stereocenters. The highest BCUT2D eigenvalue weighted by molar-refractivity contribution is 7.89. The average molecular weight is 337 g/mol. The molecule has 7 heteroatoms. The Bertz CT molecular complexity index is 663. The van der Waals surface area contributed by atoms with Gasteiger partial charge in [-0.25, -0.2) is 13.6 Å². The molecule has 0 spiro atoms. The van der Waals surface area contributed by atoms with Crippen molar-refractivity contribution in [1.82, 2.24) is 10.2 Å². The van der Waals surface area contributed by atoms with Gasteiger partial charge in [-0.2, -0.15) is 0 Å². The Hall–Kier alpha value is -1.44. The zero-order chi connectivity index (χ0) is 16.5.